The molecule has 0 heteroatoms. The summed E-state index contributed by atoms with van der Waals surface area (Å²) < 4.78 is 0. The molecule has 1 atom stereocenters. The van der Waals surface area contributed by atoms with Gasteiger partial charge in [0.2, 0.25) is 0 Å². The highest BCUT2D eigenvalue weighted by Gasteiger charge is 2.23. The molecule has 0 aliphatic heterocycles. The van der Waals surface area contributed by atoms with E-state index in [1.807, 2.05) is 0 Å². The van der Waals surface area contributed by atoms with E-state index in [0.29, 0.717) is 5.92 Å². The van der Waals surface area contributed by atoms with Crippen LogP contribution >= 0.6 is 0 Å². The number of allylic oxidation sites excluding steroid dienone is 3. The van der Waals surface area contributed by atoms with Crippen LogP contribution in [0.2, 0.25) is 0 Å². The van der Waals surface area contributed by atoms with E-state index in [1.54, 1.807) is 0 Å². The Morgan fingerprint density at radius 3 is 1.88 bits per heavy atom. The molecule has 1 aliphatic carbocycles. The third kappa shape index (κ3) is 3.09. The van der Waals surface area contributed by atoms with Gasteiger partial charge in [-0.1, -0.05) is 97.1 Å². The molecule has 0 nitrogen and oxygen atoms in total. The van der Waals surface area contributed by atoms with Gasteiger partial charge in [0.25, 0.3) is 0 Å². The molecule has 0 N–H and O–H groups in total. The van der Waals surface area contributed by atoms with E-state index >= 15 is 0 Å². The van der Waals surface area contributed by atoms with Gasteiger partial charge < -0.3 is 0 Å². The van der Waals surface area contributed by atoms with Crippen LogP contribution in [0.25, 0.3) is 11.6 Å². The molecule has 0 aromatic heterocycles. The van der Waals surface area contributed by atoms with Crippen LogP contribution in [0, 0.1) is 0 Å². The highest BCUT2D eigenvalue weighted by atomic mass is 14.3. The molecule has 0 heterocycles. The molecular weight excluding hydrogens is 288 g/mol. The van der Waals surface area contributed by atoms with Crippen molar-refractivity contribution in [3.8, 4) is 0 Å². The first-order chi connectivity index (χ1) is 11.9. The standard InChI is InChI=1S/C24H20/c1-4-10-19(11-5-1)16-24(21-14-8-3-9-15-21)23-17-22(18-23)20-12-6-2-7-13-20/h1-17,22H,18H2/b24-16+. The van der Waals surface area contributed by atoms with E-state index in [4.69, 9.17) is 0 Å². The van der Waals surface area contributed by atoms with Crippen molar-refractivity contribution in [2.45, 2.75) is 12.3 Å². The van der Waals surface area contributed by atoms with Crippen molar-refractivity contribution in [1.29, 1.82) is 0 Å². The van der Waals surface area contributed by atoms with Gasteiger partial charge >= 0.3 is 0 Å². The topological polar surface area (TPSA) is 0 Å². The molecule has 0 radical (unpaired) electrons. The van der Waals surface area contributed by atoms with E-state index in [1.165, 1.54) is 27.8 Å². The summed E-state index contributed by atoms with van der Waals surface area (Å²) in [4.78, 5) is 0. The quantitative estimate of drug-likeness (QED) is 0.493. The Kier molecular flexibility index (Phi) is 4.12. The SMILES string of the molecule is C1=C(/C(=C/c2ccccc2)c2ccccc2)CC1c1ccccc1. The van der Waals surface area contributed by atoms with E-state index in [-0.39, 0.29) is 0 Å². The second-order valence-electron chi connectivity index (χ2n) is 6.25. The predicted octanol–water partition coefficient (Wildman–Crippen LogP) is 6.34. The molecule has 24 heavy (non-hydrogen) atoms. The van der Waals surface area contributed by atoms with Crippen LogP contribution in [-0.4, -0.2) is 0 Å². The third-order valence-electron chi connectivity index (χ3n) is 4.61. The molecule has 3 aromatic rings. The average Bonchev–Trinajstić information content (AvgIpc) is 2.62. The Hall–Kier alpha value is -2.86. The van der Waals surface area contributed by atoms with Gasteiger partial charge in [0, 0.05) is 5.92 Å². The van der Waals surface area contributed by atoms with E-state index in [2.05, 4.69) is 103 Å². The molecule has 116 valence electrons. The highest BCUT2D eigenvalue weighted by molar-refractivity contribution is 5.92. The van der Waals surface area contributed by atoms with Crippen molar-refractivity contribution in [3.05, 3.63) is 119 Å². The lowest BCUT2D eigenvalue weighted by Gasteiger charge is -2.28. The fraction of sp³-hybridized carbons (Fsp3) is 0.0833. The minimum atomic E-state index is 0.545. The summed E-state index contributed by atoms with van der Waals surface area (Å²) in [6.45, 7) is 0. The molecule has 0 amide bonds. The summed E-state index contributed by atoms with van der Waals surface area (Å²) in [6.07, 6.45) is 5.83. The normalized spacial score (nSPS) is 17.1. The molecule has 3 aromatic carbocycles. The van der Waals surface area contributed by atoms with Gasteiger partial charge in [0.05, 0.1) is 0 Å². The van der Waals surface area contributed by atoms with E-state index < -0.39 is 0 Å². The molecular formula is C24H20. The van der Waals surface area contributed by atoms with Crippen LogP contribution in [0.4, 0.5) is 0 Å². The first kappa shape index (κ1) is 14.7. The summed E-state index contributed by atoms with van der Waals surface area (Å²) in [5, 5.41) is 0. The van der Waals surface area contributed by atoms with Gasteiger partial charge in [-0.15, -0.1) is 0 Å². The summed E-state index contributed by atoms with van der Waals surface area (Å²) in [5.41, 5.74) is 6.74. The summed E-state index contributed by atoms with van der Waals surface area (Å²) in [6, 6.07) is 32.1. The number of benzene rings is 3. The highest BCUT2D eigenvalue weighted by Crippen LogP contribution is 2.42. The fourth-order valence-electron chi connectivity index (χ4n) is 3.26. The largest absolute Gasteiger partial charge is 0.0728 e. The van der Waals surface area contributed by atoms with Crippen LogP contribution < -0.4 is 0 Å². The minimum absolute atomic E-state index is 0.545. The van der Waals surface area contributed by atoms with Gasteiger partial charge in [-0.05, 0) is 40.3 Å². The van der Waals surface area contributed by atoms with Crippen LogP contribution in [0.3, 0.4) is 0 Å². The molecule has 1 unspecified atom stereocenters. The molecule has 0 bridgehead atoms. The van der Waals surface area contributed by atoms with Crippen LogP contribution in [0.1, 0.15) is 29.0 Å². The second kappa shape index (κ2) is 6.72. The zero-order chi connectivity index (χ0) is 16.2. The Morgan fingerprint density at radius 2 is 1.25 bits per heavy atom. The Morgan fingerprint density at radius 1 is 0.708 bits per heavy atom. The fourth-order valence-corrected chi connectivity index (χ4v) is 3.26. The lowest BCUT2D eigenvalue weighted by Crippen LogP contribution is -2.09. The Balaban J connectivity index is 1.69. The zero-order valence-electron chi connectivity index (χ0n) is 13.6. The average molecular weight is 308 g/mol. The van der Waals surface area contributed by atoms with Gasteiger partial charge in [-0.3, -0.25) is 0 Å². The second-order valence-corrected chi connectivity index (χ2v) is 6.25. The number of hydrogen-bond acceptors (Lipinski definition) is 0. The van der Waals surface area contributed by atoms with Gasteiger partial charge in [-0.2, -0.15) is 0 Å². The van der Waals surface area contributed by atoms with Crippen molar-refractivity contribution in [2.24, 2.45) is 0 Å². The Labute approximate surface area is 143 Å². The lowest BCUT2D eigenvalue weighted by atomic mass is 9.76. The molecule has 1 aliphatic rings. The van der Waals surface area contributed by atoms with Crippen molar-refractivity contribution < 1.29 is 0 Å². The van der Waals surface area contributed by atoms with Crippen LogP contribution in [0.15, 0.2) is 103 Å². The maximum Gasteiger partial charge on any atom is 0.00645 e. The Bertz CT molecular complexity index is 856. The zero-order valence-corrected chi connectivity index (χ0v) is 13.6. The molecule has 0 saturated heterocycles. The molecule has 0 fully saturated rings. The van der Waals surface area contributed by atoms with Crippen molar-refractivity contribution in [1.82, 2.24) is 0 Å². The van der Waals surface area contributed by atoms with E-state index in [9.17, 15) is 0 Å². The summed E-state index contributed by atoms with van der Waals surface area (Å²) >= 11 is 0. The molecule has 4 rings (SSSR count). The molecule has 0 saturated carbocycles. The van der Waals surface area contributed by atoms with Crippen LogP contribution in [-0.2, 0) is 0 Å². The smallest absolute Gasteiger partial charge is 0.00645 e. The maximum absolute atomic E-state index is 2.41. The molecule has 0 spiro atoms. The van der Waals surface area contributed by atoms with Gasteiger partial charge in [0.15, 0.2) is 0 Å². The monoisotopic (exact) mass is 308 g/mol. The van der Waals surface area contributed by atoms with Gasteiger partial charge in [0.1, 0.15) is 0 Å². The number of rotatable bonds is 4. The predicted molar refractivity (Wildman–Crippen MR) is 103 cm³/mol. The summed E-state index contributed by atoms with van der Waals surface area (Å²) in [5.74, 6) is 0.545. The summed E-state index contributed by atoms with van der Waals surface area (Å²) in [7, 11) is 0. The first-order valence-electron chi connectivity index (χ1n) is 8.48. The van der Waals surface area contributed by atoms with Crippen molar-refractivity contribution >= 4 is 11.6 Å². The minimum Gasteiger partial charge on any atom is -0.0728 e. The van der Waals surface area contributed by atoms with E-state index in [0.717, 1.165) is 6.42 Å². The lowest BCUT2D eigenvalue weighted by molar-refractivity contribution is 0.763. The van der Waals surface area contributed by atoms with Gasteiger partial charge in [-0.25, -0.2) is 0 Å². The van der Waals surface area contributed by atoms with Crippen molar-refractivity contribution in [3.63, 3.8) is 0 Å². The van der Waals surface area contributed by atoms with Crippen LogP contribution in [0.5, 0.6) is 0 Å². The van der Waals surface area contributed by atoms with Crippen molar-refractivity contribution in [2.75, 3.05) is 0 Å². The number of hydrogen-bond donors (Lipinski definition) is 0. The third-order valence-corrected chi connectivity index (χ3v) is 4.61. The maximum atomic E-state index is 2.41. The first-order valence-corrected chi connectivity index (χ1v) is 8.48.